The van der Waals surface area contributed by atoms with Crippen LogP contribution in [0.1, 0.15) is 32.0 Å². The van der Waals surface area contributed by atoms with Crippen molar-refractivity contribution >= 4 is 0 Å². The zero-order chi connectivity index (χ0) is 14.8. The van der Waals surface area contributed by atoms with Crippen LogP contribution in [-0.4, -0.2) is 25.3 Å². The third-order valence-electron chi connectivity index (χ3n) is 2.75. The number of hydrogen-bond donors (Lipinski definition) is 1. The highest BCUT2D eigenvalue weighted by Gasteiger charge is 2.11. The van der Waals surface area contributed by atoms with Gasteiger partial charge in [-0.05, 0) is 33.3 Å². The Bertz CT molecular complexity index is 585. The third-order valence-corrected chi connectivity index (χ3v) is 2.75. The SMILES string of the molecule is Cc1nc(Oc2ncn(C)n2)ccc1CNC(C)(C)C. The van der Waals surface area contributed by atoms with E-state index in [1.165, 1.54) is 0 Å². The van der Waals surface area contributed by atoms with Crippen LogP contribution in [0.3, 0.4) is 0 Å². The average Bonchev–Trinajstić information content (AvgIpc) is 2.72. The standard InChI is InChI=1S/C14H21N5O/c1-10-11(8-16-14(2,3)4)6-7-12(17-10)20-13-15-9-19(5)18-13/h6-7,9,16H,8H2,1-5H3. The van der Waals surface area contributed by atoms with E-state index in [0.717, 1.165) is 17.8 Å². The molecule has 0 unspecified atom stereocenters. The summed E-state index contributed by atoms with van der Waals surface area (Å²) in [6, 6.07) is 4.16. The molecular weight excluding hydrogens is 254 g/mol. The lowest BCUT2D eigenvalue weighted by molar-refractivity contribution is 0.415. The first-order valence-electron chi connectivity index (χ1n) is 6.58. The summed E-state index contributed by atoms with van der Waals surface area (Å²) in [4.78, 5) is 8.44. The number of hydrogen-bond acceptors (Lipinski definition) is 5. The van der Waals surface area contributed by atoms with Gasteiger partial charge in [0.2, 0.25) is 5.88 Å². The Morgan fingerprint density at radius 1 is 1.30 bits per heavy atom. The lowest BCUT2D eigenvalue weighted by Gasteiger charge is -2.21. The molecule has 6 heteroatoms. The normalized spacial score (nSPS) is 11.7. The quantitative estimate of drug-likeness (QED) is 0.926. The van der Waals surface area contributed by atoms with Gasteiger partial charge in [-0.15, -0.1) is 5.10 Å². The fourth-order valence-corrected chi connectivity index (χ4v) is 1.63. The minimum Gasteiger partial charge on any atom is -0.404 e. The number of nitrogens with one attached hydrogen (secondary N) is 1. The molecule has 0 aliphatic carbocycles. The molecule has 6 nitrogen and oxygen atoms in total. The fourth-order valence-electron chi connectivity index (χ4n) is 1.63. The highest BCUT2D eigenvalue weighted by atomic mass is 16.5. The molecule has 108 valence electrons. The summed E-state index contributed by atoms with van der Waals surface area (Å²) in [5, 5.41) is 7.50. The first kappa shape index (κ1) is 14.5. The first-order valence-corrected chi connectivity index (χ1v) is 6.58. The van der Waals surface area contributed by atoms with Crippen LogP contribution in [0.5, 0.6) is 11.9 Å². The van der Waals surface area contributed by atoms with Gasteiger partial charge in [-0.2, -0.15) is 4.98 Å². The van der Waals surface area contributed by atoms with Crippen molar-refractivity contribution in [1.82, 2.24) is 25.1 Å². The molecule has 2 aromatic rings. The maximum atomic E-state index is 5.51. The largest absolute Gasteiger partial charge is 0.404 e. The Hall–Kier alpha value is -1.95. The minimum absolute atomic E-state index is 0.0828. The summed E-state index contributed by atoms with van der Waals surface area (Å²) in [6.45, 7) is 9.17. The lowest BCUT2D eigenvalue weighted by Crippen LogP contribution is -2.35. The van der Waals surface area contributed by atoms with Gasteiger partial charge in [0.05, 0.1) is 0 Å². The van der Waals surface area contributed by atoms with E-state index in [4.69, 9.17) is 4.74 Å². The highest BCUT2D eigenvalue weighted by Crippen LogP contribution is 2.17. The third kappa shape index (κ3) is 4.03. The molecule has 0 aliphatic heterocycles. The molecule has 0 saturated carbocycles. The molecule has 0 aliphatic rings. The first-order chi connectivity index (χ1) is 9.33. The van der Waals surface area contributed by atoms with Crippen molar-refractivity contribution in [2.45, 2.75) is 39.8 Å². The maximum Gasteiger partial charge on any atom is 0.342 e. The van der Waals surface area contributed by atoms with E-state index in [9.17, 15) is 0 Å². The molecule has 2 aromatic heterocycles. The van der Waals surface area contributed by atoms with Gasteiger partial charge in [-0.1, -0.05) is 6.07 Å². The van der Waals surface area contributed by atoms with Gasteiger partial charge in [0.1, 0.15) is 6.33 Å². The van der Waals surface area contributed by atoms with Crippen LogP contribution in [0.4, 0.5) is 0 Å². The van der Waals surface area contributed by atoms with Crippen molar-refractivity contribution in [1.29, 1.82) is 0 Å². The Labute approximate surface area is 119 Å². The predicted molar refractivity (Wildman–Crippen MR) is 76.6 cm³/mol. The Morgan fingerprint density at radius 3 is 2.60 bits per heavy atom. The Kier molecular flexibility index (Phi) is 4.04. The molecular formula is C14H21N5O. The number of rotatable bonds is 4. The van der Waals surface area contributed by atoms with E-state index in [-0.39, 0.29) is 5.54 Å². The second-order valence-corrected chi connectivity index (χ2v) is 5.80. The predicted octanol–water partition coefficient (Wildman–Crippen LogP) is 2.20. The van der Waals surface area contributed by atoms with Crippen LogP contribution < -0.4 is 10.1 Å². The molecule has 2 rings (SSSR count). The second kappa shape index (κ2) is 5.58. The van der Waals surface area contributed by atoms with Gasteiger partial charge in [0.15, 0.2) is 0 Å². The molecule has 0 aromatic carbocycles. The molecule has 0 fully saturated rings. The van der Waals surface area contributed by atoms with Crippen molar-refractivity contribution in [2.75, 3.05) is 0 Å². The number of nitrogens with zero attached hydrogens (tertiary/aromatic N) is 4. The summed E-state index contributed by atoms with van der Waals surface area (Å²) in [5.74, 6) is 0.508. The van der Waals surface area contributed by atoms with Gasteiger partial charge in [-0.25, -0.2) is 4.98 Å². The average molecular weight is 275 g/mol. The van der Waals surface area contributed by atoms with Crippen LogP contribution in [0.2, 0.25) is 0 Å². The molecule has 0 radical (unpaired) electrons. The number of ether oxygens (including phenoxy) is 1. The Balaban J connectivity index is 2.05. The van der Waals surface area contributed by atoms with Gasteiger partial charge < -0.3 is 10.1 Å². The highest BCUT2D eigenvalue weighted by molar-refractivity contribution is 5.26. The zero-order valence-electron chi connectivity index (χ0n) is 12.6. The van der Waals surface area contributed by atoms with E-state index >= 15 is 0 Å². The molecule has 0 spiro atoms. The number of pyridine rings is 1. The molecule has 0 saturated heterocycles. The maximum absolute atomic E-state index is 5.51. The summed E-state index contributed by atoms with van der Waals surface area (Å²) in [6.07, 6.45) is 1.59. The zero-order valence-corrected chi connectivity index (χ0v) is 12.6. The van der Waals surface area contributed by atoms with Gasteiger partial charge in [0.25, 0.3) is 0 Å². The lowest BCUT2D eigenvalue weighted by atomic mass is 10.1. The molecule has 0 atom stereocenters. The summed E-state index contributed by atoms with van der Waals surface area (Å²) in [7, 11) is 1.79. The summed E-state index contributed by atoms with van der Waals surface area (Å²) >= 11 is 0. The van der Waals surface area contributed by atoms with Crippen molar-refractivity contribution < 1.29 is 4.74 Å². The van der Waals surface area contributed by atoms with E-state index in [1.54, 1.807) is 18.1 Å². The topological polar surface area (TPSA) is 64.9 Å². The smallest absolute Gasteiger partial charge is 0.342 e. The fraction of sp³-hybridized carbons (Fsp3) is 0.500. The van der Waals surface area contributed by atoms with Crippen molar-refractivity contribution in [3.05, 3.63) is 29.7 Å². The van der Waals surface area contributed by atoms with E-state index in [2.05, 4.69) is 41.2 Å². The number of aromatic nitrogens is 4. The number of aryl methyl sites for hydroxylation is 2. The second-order valence-electron chi connectivity index (χ2n) is 5.80. The van der Waals surface area contributed by atoms with Gasteiger partial charge >= 0.3 is 6.01 Å². The van der Waals surface area contributed by atoms with Gasteiger partial charge in [-0.3, -0.25) is 4.68 Å². The van der Waals surface area contributed by atoms with E-state index in [1.807, 2.05) is 19.1 Å². The monoisotopic (exact) mass is 275 g/mol. The van der Waals surface area contributed by atoms with Crippen LogP contribution in [0.25, 0.3) is 0 Å². The van der Waals surface area contributed by atoms with E-state index < -0.39 is 0 Å². The molecule has 0 bridgehead atoms. The minimum atomic E-state index is 0.0828. The van der Waals surface area contributed by atoms with Crippen LogP contribution >= 0.6 is 0 Å². The van der Waals surface area contributed by atoms with Crippen molar-refractivity contribution in [3.8, 4) is 11.9 Å². The molecule has 1 N–H and O–H groups in total. The molecule has 20 heavy (non-hydrogen) atoms. The van der Waals surface area contributed by atoms with Crippen LogP contribution in [0, 0.1) is 6.92 Å². The molecule has 0 amide bonds. The van der Waals surface area contributed by atoms with Crippen molar-refractivity contribution in [2.24, 2.45) is 7.05 Å². The van der Waals surface area contributed by atoms with E-state index in [0.29, 0.717) is 11.9 Å². The van der Waals surface area contributed by atoms with Crippen LogP contribution in [-0.2, 0) is 13.6 Å². The van der Waals surface area contributed by atoms with Gasteiger partial charge in [0, 0.05) is 30.9 Å². The summed E-state index contributed by atoms with van der Waals surface area (Å²) < 4.78 is 7.09. The van der Waals surface area contributed by atoms with Crippen molar-refractivity contribution in [3.63, 3.8) is 0 Å². The summed E-state index contributed by atoms with van der Waals surface area (Å²) in [5.41, 5.74) is 2.18. The Morgan fingerprint density at radius 2 is 2.05 bits per heavy atom. The molecule has 2 heterocycles. The van der Waals surface area contributed by atoms with Crippen LogP contribution in [0.15, 0.2) is 18.5 Å².